The van der Waals surface area contributed by atoms with Gasteiger partial charge in [-0.05, 0) is 29.2 Å². The van der Waals surface area contributed by atoms with Crippen LogP contribution in [0.25, 0.3) is 0 Å². The van der Waals surface area contributed by atoms with Crippen molar-refractivity contribution >= 4 is 23.9 Å². The Hall–Kier alpha value is -2.33. The highest BCUT2D eigenvalue weighted by Crippen LogP contribution is 2.47. The normalized spacial score (nSPS) is 22.0. The molecule has 2 aromatic rings. The van der Waals surface area contributed by atoms with E-state index in [-0.39, 0.29) is 12.0 Å². The lowest BCUT2D eigenvalue weighted by molar-refractivity contribution is -0.149. The summed E-state index contributed by atoms with van der Waals surface area (Å²) in [4.78, 5) is 19.9. The first-order valence-electron chi connectivity index (χ1n) is 8.69. The molecule has 136 valence electrons. The predicted molar refractivity (Wildman–Crippen MR) is 104 cm³/mol. The molecule has 0 aliphatic carbocycles. The molecule has 2 atom stereocenters. The van der Waals surface area contributed by atoms with E-state index >= 15 is 0 Å². The number of benzene rings is 2. The van der Waals surface area contributed by atoms with Gasteiger partial charge in [-0.3, -0.25) is 0 Å². The maximum atomic E-state index is 13.0. The Bertz CT molecular complexity index is 789. The van der Waals surface area contributed by atoms with Crippen LogP contribution in [0.2, 0.25) is 5.02 Å². The summed E-state index contributed by atoms with van der Waals surface area (Å²) in [6.45, 7) is 5.07. The molecule has 5 heteroatoms. The second-order valence-corrected chi connectivity index (χ2v) is 7.35. The van der Waals surface area contributed by atoms with E-state index < -0.39 is 5.54 Å². The zero-order valence-electron chi connectivity index (χ0n) is 15.2. The van der Waals surface area contributed by atoms with Gasteiger partial charge in [-0.15, -0.1) is 0 Å². The van der Waals surface area contributed by atoms with Crippen LogP contribution in [0.3, 0.4) is 0 Å². The quantitative estimate of drug-likeness (QED) is 0.730. The van der Waals surface area contributed by atoms with Crippen LogP contribution in [-0.2, 0) is 15.1 Å². The van der Waals surface area contributed by atoms with Gasteiger partial charge < -0.3 is 9.64 Å². The van der Waals surface area contributed by atoms with Crippen LogP contribution in [0, 0.1) is 5.92 Å². The van der Waals surface area contributed by atoms with Crippen molar-refractivity contribution in [3.8, 4) is 0 Å². The van der Waals surface area contributed by atoms with E-state index in [1.54, 1.807) is 6.34 Å². The van der Waals surface area contributed by atoms with Crippen molar-refractivity contribution in [2.24, 2.45) is 10.9 Å². The SMILES string of the molecule is COC(=O)C1(c2ccccc2)N=CN(CC(C)C)C1c1ccc(Cl)cc1. The van der Waals surface area contributed by atoms with Crippen molar-refractivity contribution in [3.63, 3.8) is 0 Å². The third-order valence-corrected chi connectivity index (χ3v) is 4.86. The lowest BCUT2D eigenvalue weighted by Gasteiger charge is -2.36. The number of rotatable bonds is 5. The lowest BCUT2D eigenvalue weighted by Crippen LogP contribution is -2.44. The number of ether oxygens (including phenoxy) is 1. The van der Waals surface area contributed by atoms with Gasteiger partial charge in [0.2, 0.25) is 5.54 Å². The van der Waals surface area contributed by atoms with E-state index in [2.05, 4.69) is 18.7 Å². The zero-order valence-corrected chi connectivity index (χ0v) is 16.0. The van der Waals surface area contributed by atoms with Crippen molar-refractivity contribution < 1.29 is 9.53 Å². The monoisotopic (exact) mass is 370 g/mol. The maximum absolute atomic E-state index is 13.0. The van der Waals surface area contributed by atoms with E-state index in [9.17, 15) is 4.79 Å². The number of carbonyl (C=O) groups is 1. The van der Waals surface area contributed by atoms with E-state index in [0.717, 1.165) is 17.7 Å². The highest BCUT2D eigenvalue weighted by atomic mass is 35.5. The second kappa shape index (κ2) is 7.50. The van der Waals surface area contributed by atoms with Gasteiger partial charge in [-0.2, -0.15) is 0 Å². The largest absolute Gasteiger partial charge is 0.467 e. The topological polar surface area (TPSA) is 41.9 Å². The third kappa shape index (κ3) is 3.21. The molecule has 2 unspecified atom stereocenters. The Balaban J connectivity index is 2.18. The number of halogens is 1. The third-order valence-electron chi connectivity index (χ3n) is 4.61. The number of aliphatic imine (C=N–C) groups is 1. The fraction of sp³-hybridized carbons (Fsp3) is 0.333. The molecule has 0 N–H and O–H groups in total. The molecular weight excluding hydrogens is 348 g/mol. The van der Waals surface area contributed by atoms with Crippen molar-refractivity contribution in [1.29, 1.82) is 0 Å². The van der Waals surface area contributed by atoms with E-state index in [1.807, 2.05) is 54.6 Å². The van der Waals surface area contributed by atoms with Crippen LogP contribution in [0.5, 0.6) is 0 Å². The molecule has 0 spiro atoms. The smallest absolute Gasteiger partial charge is 0.341 e. The first kappa shape index (κ1) is 18.5. The average molecular weight is 371 g/mol. The summed E-state index contributed by atoms with van der Waals surface area (Å²) in [6.07, 6.45) is 1.78. The molecule has 2 aromatic carbocycles. The summed E-state index contributed by atoms with van der Waals surface area (Å²) in [5.41, 5.74) is 0.648. The molecule has 26 heavy (non-hydrogen) atoms. The summed E-state index contributed by atoms with van der Waals surface area (Å²) in [5.74, 6) is 0.0478. The number of carbonyl (C=O) groups excluding carboxylic acids is 1. The minimum absolute atomic E-state index is 0.294. The molecule has 0 fully saturated rings. The maximum Gasteiger partial charge on any atom is 0.341 e. The van der Waals surface area contributed by atoms with Crippen molar-refractivity contribution in [2.75, 3.05) is 13.7 Å². The molecule has 1 aliphatic rings. The van der Waals surface area contributed by atoms with Crippen LogP contribution in [0.1, 0.15) is 31.0 Å². The number of esters is 1. The Morgan fingerprint density at radius 1 is 1.19 bits per heavy atom. The molecule has 0 saturated heterocycles. The van der Waals surface area contributed by atoms with Crippen LogP contribution in [-0.4, -0.2) is 30.9 Å². The molecule has 4 nitrogen and oxygen atoms in total. The van der Waals surface area contributed by atoms with Gasteiger partial charge in [-0.25, -0.2) is 9.79 Å². The number of hydrogen-bond donors (Lipinski definition) is 0. The molecule has 0 bridgehead atoms. The molecule has 0 amide bonds. The Morgan fingerprint density at radius 2 is 1.85 bits per heavy atom. The number of methoxy groups -OCH3 is 1. The molecular formula is C21H23ClN2O2. The summed E-state index contributed by atoms with van der Waals surface area (Å²) < 4.78 is 5.22. The first-order valence-corrected chi connectivity index (χ1v) is 9.07. The van der Waals surface area contributed by atoms with Gasteiger partial charge >= 0.3 is 5.97 Å². The van der Waals surface area contributed by atoms with Crippen molar-refractivity contribution in [1.82, 2.24) is 4.90 Å². The van der Waals surface area contributed by atoms with Crippen LogP contribution < -0.4 is 0 Å². The molecule has 1 aliphatic heterocycles. The fourth-order valence-electron chi connectivity index (χ4n) is 3.56. The minimum atomic E-state index is -1.14. The fourth-order valence-corrected chi connectivity index (χ4v) is 3.68. The summed E-state index contributed by atoms with van der Waals surface area (Å²) in [6, 6.07) is 16.9. The molecule has 3 rings (SSSR count). The first-order chi connectivity index (χ1) is 12.5. The van der Waals surface area contributed by atoms with Crippen molar-refractivity contribution in [2.45, 2.75) is 25.4 Å². The highest BCUT2D eigenvalue weighted by molar-refractivity contribution is 6.30. The number of hydrogen-bond acceptors (Lipinski definition) is 4. The summed E-state index contributed by atoms with van der Waals surface area (Å²) in [7, 11) is 1.41. The predicted octanol–water partition coefficient (Wildman–Crippen LogP) is 4.45. The molecule has 0 saturated carbocycles. The van der Waals surface area contributed by atoms with Gasteiger partial charge in [0, 0.05) is 11.6 Å². The Labute approximate surface area is 159 Å². The van der Waals surface area contributed by atoms with Crippen LogP contribution in [0.4, 0.5) is 0 Å². The van der Waals surface area contributed by atoms with Gasteiger partial charge in [0.15, 0.2) is 0 Å². The zero-order chi connectivity index (χ0) is 18.7. The van der Waals surface area contributed by atoms with Gasteiger partial charge in [0.1, 0.15) is 0 Å². The summed E-state index contributed by atoms with van der Waals surface area (Å²) in [5, 5.41) is 0.659. The lowest BCUT2D eigenvalue weighted by atomic mass is 9.79. The molecule has 1 heterocycles. The van der Waals surface area contributed by atoms with Gasteiger partial charge in [0.05, 0.1) is 19.5 Å². The van der Waals surface area contributed by atoms with E-state index in [4.69, 9.17) is 21.3 Å². The van der Waals surface area contributed by atoms with E-state index in [1.165, 1.54) is 7.11 Å². The van der Waals surface area contributed by atoms with Crippen LogP contribution >= 0.6 is 11.6 Å². The van der Waals surface area contributed by atoms with Gasteiger partial charge in [-0.1, -0.05) is 67.9 Å². The second-order valence-electron chi connectivity index (χ2n) is 6.91. The molecule has 0 radical (unpaired) electrons. The van der Waals surface area contributed by atoms with Crippen LogP contribution in [0.15, 0.2) is 59.6 Å². The van der Waals surface area contributed by atoms with Gasteiger partial charge in [0.25, 0.3) is 0 Å². The Morgan fingerprint density at radius 3 is 2.42 bits per heavy atom. The Kier molecular flexibility index (Phi) is 5.33. The molecule has 0 aromatic heterocycles. The standard InChI is InChI=1S/C21H23ClN2O2/c1-15(2)13-24-14-23-21(20(25)26-3,17-7-5-4-6-8-17)19(24)16-9-11-18(22)12-10-16/h4-12,14-15,19H,13H2,1-3H3. The highest BCUT2D eigenvalue weighted by Gasteiger charge is 2.54. The number of nitrogens with zero attached hydrogens (tertiary/aromatic N) is 2. The average Bonchev–Trinajstić information content (AvgIpc) is 3.02. The minimum Gasteiger partial charge on any atom is -0.467 e. The summed E-state index contributed by atoms with van der Waals surface area (Å²) >= 11 is 6.08. The van der Waals surface area contributed by atoms with Crippen molar-refractivity contribution in [3.05, 3.63) is 70.7 Å². The van der Waals surface area contributed by atoms with E-state index in [0.29, 0.717) is 10.9 Å².